The van der Waals surface area contributed by atoms with Gasteiger partial charge >= 0.3 is 0 Å². The van der Waals surface area contributed by atoms with Crippen LogP contribution in [0, 0.1) is 13.8 Å². The van der Waals surface area contributed by atoms with Crippen LogP contribution in [0.4, 0.5) is 0 Å². The first-order valence-corrected chi connectivity index (χ1v) is 14.3. The van der Waals surface area contributed by atoms with E-state index in [-0.39, 0.29) is 0 Å². The largest absolute Gasteiger partial charge is 0.303 e. The molecule has 0 spiro atoms. The normalized spacial score (nSPS) is 16.3. The Labute approximate surface area is 211 Å². The lowest BCUT2D eigenvalue weighted by Gasteiger charge is -2.33. The van der Waals surface area contributed by atoms with Gasteiger partial charge in [-0.15, -0.1) is 0 Å². The van der Waals surface area contributed by atoms with Gasteiger partial charge in [-0.25, -0.2) is 13.1 Å². The molecule has 0 aromatic heterocycles. The second kappa shape index (κ2) is 12.0. The SMILES string of the molecule is Cc1ccc(C(CCNS(=O)(=O)c2ccccc2)CCN2CCC(c3ccccc3)CC2)cc1C. The highest BCUT2D eigenvalue weighted by Gasteiger charge is 2.22. The average molecular weight is 491 g/mol. The molecule has 4 rings (SSSR count). The lowest BCUT2D eigenvalue weighted by atomic mass is 9.88. The minimum absolute atomic E-state index is 0.319. The molecule has 1 aliphatic heterocycles. The molecule has 186 valence electrons. The van der Waals surface area contributed by atoms with Crippen molar-refractivity contribution in [3.05, 3.63) is 101 Å². The highest BCUT2D eigenvalue weighted by atomic mass is 32.2. The topological polar surface area (TPSA) is 49.4 Å². The number of nitrogens with one attached hydrogen (secondary N) is 1. The van der Waals surface area contributed by atoms with Gasteiger partial charge < -0.3 is 4.90 Å². The molecule has 1 heterocycles. The Balaban J connectivity index is 1.36. The fraction of sp³-hybridized carbons (Fsp3) is 0.400. The fourth-order valence-electron chi connectivity index (χ4n) is 5.10. The molecule has 35 heavy (non-hydrogen) atoms. The molecule has 1 unspecified atom stereocenters. The zero-order valence-electron chi connectivity index (χ0n) is 21.0. The van der Waals surface area contributed by atoms with Gasteiger partial charge in [-0.3, -0.25) is 0 Å². The van der Waals surface area contributed by atoms with E-state index >= 15 is 0 Å². The highest BCUT2D eigenvalue weighted by molar-refractivity contribution is 7.89. The van der Waals surface area contributed by atoms with Crippen molar-refractivity contribution >= 4 is 10.0 Å². The standard InChI is InChI=1S/C30H38N2O2S/c1-24-13-14-29(23-25(24)2)27(15-19-31-35(33,34)30-11-7-4-8-12-30)16-20-32-21-17-28(18-22-32)26-9-5-3-6-10-26/h3-14,23,27-28,31H,15-22H2,1-2H3. The lowest BCUT2D eigenvalue weighted by molar-refractivity contribution is 0.204. The van der Waals surface area contributed by atoms with Crippen LogP contribution in [-0.4, -0.2) is 39.5 Å². The minimum Gasteiger partial charge on any atom is -0.303 e. The number of hydrogen-bond acceptors (Lipinski definition) is 3. The van der Waals surface area contributed by atoms with Crippen molar-refractivity contribution in [3.63, 3.8) is 0 Å². The Morgan fingerprint density at radius 2 is 1.51 bits per heavy atom. The molecule has 1 N–H and O–H groups in total. The number of hydrogen-bond donors (Lipinski definition) is 1. The van der Waals surface area contributed by atoms with Gasteiger partial charge in [0.05, 0.1) is 4.90 Å². The number of benzene rings is 3. The Morgan fingerprint density at radius 1 is 0.857 bits per heavy atom. The van der Waals surface area contributed by atoms with Crippen LogP contribution in [0.15, 0.2) is 83.8 Å². The van der Waals surface area contributed by atoms with Crippen molar-refractivity contribution < 1.29 is 8.42 Å². The first-order chi connectivity index (χ1) is 16.9. The van der Waals surface area contributed by atoms with Crippen molar-refractivity contribution in [3.8, 4) is 0 Å². The molecule has 1 saturated heterocycles. The lowest BCUT2D eigenvalue weighted by Crippen LogP contribution is -2.34. The average Bonchev–Trinajstić information content (AvgIpc) is 2.89. The third kappa shape index (κ3) is 7.03. The van der Waals surface area contributed by atoms with E-state index in [4.69, 9.17) is 0 Å². The van der Waals surface area contributed by atoms with E-state index in [2.05, 4.69) is 72.0 Å². The van der Waals surface area contributed by atoms with Crippen LogP contribution in [0.2, 0.25) is 0 Å². The molecule has 3 aromatic carbocycles. The van der Waals surface area contributed by atoms with Crippen LogP contribution in [0.1, 0.15) is 59.8 Å². The van der Waals surface area contributed by atoms with Crippen molar-refractivity contribution in [1.29, 1.82) is 0 Å². The summed E-state index contributed by atoms with van der Waals surface area (Å²) >= 11 is 0. The van der Waals surface area contributed by atoms with Crippen molar-refractivity contribution in [2.75, 3.05) is 26.2 Å². The zero-order valence-corrected chi connectivity index (χ0v) is 21.8. The van der Waals surface area contributed by atoms with Crippen LogP contribution in [0.3, 0.4) is 0 Å². The second-order valence-corrected chi connectivity index (χ2v) is 11.6. The summed E-state index contributed by atoms with van der Waals surface area (Å²) in [5.74, 6) is 0.981. The maximum atomic E-state index is 12.7. The summed E-state index contributed by atoms with van der Waals surface area (Å²) in [6.07, 6.45) is 4.23. The number of aryl methyl sites for hydroxylation is 2. The summed E-state index contributed by atoms with van der Waals surface area (Å²) in [5.41, 5.74) is 5.36. The Bertz CT molecular complexity index is 1170. The molecule has 0 aliphatic carbocycles. The Hall–Kier alpha value is -2.47. The maximum Gasteiger partial charge on any atom is 0.240 e. The quantitative estimate of drug-likeness (QED) is 0.378. The number of sulfonamides is 1. The van der Waals surface area contributed by atoms with Crippen molar-refractivity contribution in [2.24, 2.45) is 0 Å². The van der Waals surface area contributed by atoms with Gasteiger partial charge in [0.25, 0.3) is 0 Å². The van der Waals surface area contributed by atoms with Crippen LogP contribution in [0.5, 0.6) is 0 Å². The highest BCUT2D eigenvalue weighted by Crippen LogP contribution is 2.30. The Morgan fingerprint density at radius 3 is 2.17 bits per heavy atom. The third-order valence-electron chi connectivity index (χ3n) is 7.49. The van der Waals surface area contributed by atoms with Gasteiger partial charge in [-0.05, 0) is 105 Å². The number of rotatable bonds is 10. The summed E-state index contributed by atoms with van der Waals surface area (Å²) < 4.78 is 28.2. The molecule has 0 bridgehead atoms. The molecule has 3 aromatic rings. The minimum atomic E-state index is -3.48. The molecule has 1 atom stereocenters. The summed E-state index contributed by atoms with van der Waals surface area (Å²) in [4.78, 5) is 2.91. The van der Waals surface area contributed by atoms with Gasteiger partial charge in [-0.2, -0.15) is 0 Å². The smallest absolute Gasteiger partial charge is 0.240 e. The van der Waals surface area contributed by atoms with Gasteiger partial charge in [0.1, 0.15) is 0 Å². The fourth-order valence-corrected chi connectivity index (χ4v) is 6.17. The molecular weight excluding hydrogens is 452 g/mol. The zero-order chi connectivity index (χ0) is 24.7. The first kappa shape index (κ1) is 25.6. The van der Waals surface area contributed by atoms with E-state index in [1.807, 2.05) is 6.07 Å². The molecular formula is C30H38N2O2S. The predicted molar refractivity (Wildman–Crippen MR) is 144 cm³/mol. The van der Waals surface area contributed by atoms with Crippen molar-refractivity contribution in [2.45, 2.75) is 56.3 Å². The van der Waals surface area contributed by atoms with E-state index < -0.39 is 10.0 Å². The van der Waals surface area contributed by atoms with Gasteiger partial charge in [0.2, 0.25) is 10.0 Å². The molecule has 0 amide bonds. The van der Waals surface area contributed by atoms with Crippen LogP contribution < -0.4 is 4.72 Å². The molecule has 5 heteroatoms. The van der Waals surface area contributed by atoms with Crippen LogP contribution in [0.25, 0.3) is 0 Å². The maximum absolute atomic E-state index is 12.7. The van der Waals surface area contributed by atoms with Crippen LogP contribution >= 0.6 is 0 Å². The molecule has 0 radical (unpaired) electrons. The monoisotopic (exact) mass is 490 g/mol. The van der Waals surface area contributed by atoms with E-state index in [9.17, 15) is 8.42 Å². The summed E-state index contributed by atoms with van der Waals surface area (Å²) in [6, 6.07) is 26.2. The van der Waals surface area contributed by atoms with Gasteiger partial charge in [0.15, 0.2) is 0 Å². The van der Waals surface area contributed by atoms with Gasteiger partial charge in [0, 0.05) is 6.54 Å². The predicted octanol–water partition coefficient (Wildman–Crippen LogP) is 6.03. The van der Waals surface area contributed by atoms with E-state index in [1.54, 1.807) is 24.3 Å². The summed E-state index contributed by atoms with van der Waals surface area (Å²) in [5, 5.41) is 0. The molecule has 1 aliphatic rings. The number of nitrogens with zero attached hydrogens (tertiary/aromatic N) is 1. The van der Waals surface area contributed by atoms with Crippen LogP contribution in [-0.2, 0) is 10.0 Å². The van der Waals surface area contributed by atoms with Crippen molar-refractivity contribution in [1.82, 2.24) is 9.62 Å². The number of piperidine rings is 1. The van der Waals surface area contributed by atoms with Gasteiger partial charge in [-0.1, -0.05) is 66.7 Å². The first-order valence-electron chi connectivity index (χ1n) is 12.8. The molecule has 0 saturated carbocycles. The third-order valence-corrected chi connectivity index (χ3v) is 8.97. The molecule has 4 nitrogen and oxygen atoms in total. The summed E-state index contributed by atoms with van der Waals surface area (Å²) in [7, 11) is -3.48. The van der Waals surface area contributed by atoms with E-state index in [0.29, 0.717) is 23.3 Å². The van der Waals surface area contributed by atoms with E-state index in [0.717, 1.165) is 32.5 Å². The summed E-state index contributed by atoms with van der Waals surface area (Å²) in [6.45, 7) is 8.02. The second-order valence-electron chi connectivity index (χ2n) is 9.86. The Kier molecular flexibility index (Phi) is 8.77. The molecule has 1 fully saturated rings. The number of likely N-dealkylation sites (tertiary alicyclic amines) is 1. The van der Waals surface area contributed by atoms with E-state index in [1.165, 1.54) is 35.1 Å².